The van der Waals surface area contributed by atoms with Gasteiger partial charge in [0.2, 0.25) is 0 Å². The average molecular weight is 459 g/mol. The number of halogens is 2. The Balaban J connectivity index is 1.57. The van der Waals surface area contributed by atoms with Gasteiger partial charge in [-0.3, -0.25) is 4.79 Å². The molecule has 2 aromatic heterocycles. The van der Waals surface area contributed by atoms with Gasteiger partial charge in [-0.1, -0.05) is 23.4 Å². The summed E-state index contributed by atoms with van der Waals surface area (Å²) in [5.41, 5.74) is 0. The Morgan fingerprint density at radius 1 is 1.28 bits per heavy atom. The zero-order valence-corrected chi connectivity index (χ0v) is 17.1. The fraction of sp³-hybridized carbons (Fsp3) is 0.188. The van der Waals surface area contributed by atoms with Gasteiger partial charge in [-0.25, -0.2) is 0 Å². The van der Waals surface area contributed by atoms with Crippen molar-refractivity contribution < 1.29 is 9.53 Å². The summed E-state index contributed by atoms with van der Waals surface area (Å²) in [4.78, 5) is 12.9. The van der Waals surface area contributed by atoms with E-state index in [1.54, 1.807) is 24.3 Å². The third-order valence-corrected chi connectivity index (χ3v) is 6.22. The molecule has 3 rings (SSSR count). The number of ether oxygens (including phenoxy) is 1. The second-order valence-electron chi connectivity index (χ2n) is 5.02. The van der Waals surface area contributed by atoms with E-state index in [0.29, 0.717) is 27.5 Å². The molecule has 0 unspecified atom stereocenters. The molecule has 25 heavy (non-hydrogen) atoms. The summed E-state index contributed by atoms with van der Waals surface area (Å²) >= 11 is 12.0. The predicted octanol–water partition coefficient (Wildman–Crippen LogP) is 4.85. The zero-order chi connectivity index (χ0) is 17.8. The zero-order valence-electron chi connectivity index (χ0n) is 13.1. The van der Waals surface area contributed by atoms with Crippen LogP contribution in [0.4, 0.5) is 0 Å². The fourth-order valence-electron chi connectivity index (χ4n) is 1.94. The van der Waals surface area contributed by atoms with Gasteiger partial charge in [0.05, 0.1) is 14.4 Å². The first-order valence-corrected chi connectivity index (χ1v) is 10.2. The van der Waals surface area contributed by atoms with Gasteiger partial charge in [0.15, 0.2) is 16.8 Å². The monoisotopic (exact) mass is 457 g/mol. The summed E-state index contributed by atoms with van der Waals surface area (Å²) in [5.74, 6) is 1.78. The number of hydrogen-bond acceptors (Lipinski definition) is 6. The summed E-state index contributed by atoms with van der Waals surface area (Å²) in [7, 11) is 1.86. The summed E-state index contributed by atoms with van der Waals surface area (Å²) in [6, 6.07) is 10.8. The topological polar surface area (TPSA) is 57.0 Å². The molecule has 130 valence electrons. The van der Waals surface area contributed by atoms with E-state index in [2.05, 4.69) is 26.1 Å². The molecule has 0 amide bonds. The van der Waals surface area contributed by atoms with E-state index < -0.39 is 0 Å². The van der Waals surface area contributed by atoms with Crippen LogP contribution in [0.2, 0.25) is 5.02 Å². The molecule has 0 N–H and O–H groups in total. The van der Waals surface area contributed by atoms with Crippen LogP contribution < -0.4 is 4.74 Å². The Hall–Kier alpha value is -1.35. The van der Waals surface area contributed by atoms with Gasteiger partial charge in [0.25, 0.3) is 0 Å². The SMILES string of the molecule is Cn1c(COc2ccc(Cl)cc2)nnc1SCC(=O)c1ccc(Br)s1. The Morgan fingerprint density at radius 3 is 2.72 bits per heavy atom. The lowest BCUT2D eigenvalue weighted by atomic mass is 10.3. The summed E-state index contributed by atoms with van der Waals surface area (Å²) in [5, 5.41) is 9.60. The Labute approximate surface area is 166 Å². The van der Waals surface area contributed by atoms with E-state index in [0.717, 1.165) is 8.66 Å². The van der Waals surface area contributed by atoms with Gasteiger partial charge >= 0.3 is 0 Å². The molecule has 2 heterocycles. The van der Waals surface area contributed by atoms with Crippen LogP contribution in [0.5, 0.6) is 5.75 Å². The number of aromatic nitrogens is 3. The van der Waals surface area contributed by atoms with E-state index in [9.17, 15) is 4.79 Å². The Morgan fingerprint density at radius 2 is 2.04 bits per heavy atom. The van der Waals surface area contributed by atoms with Crippen molar-refractivity contribution >= 4 is 56.4 Å². The van der Waals surface area contributed by atoms with Crippen LogP contribution >= 0.6 is 50.6 Å². The number of rotatable bonds is 7. The maximum atomic E-state index is 12.2. The number of thiophene rings is 1. The first-order chi connectivity index (χ1) is 12.0. The molecule has 0 saturated heterocycles. The largest absolute Gasteiger partial charge is 0.486 e. The standard InChI is InChI=1S/C16H13BrClN3O2S2/c1-21-15(8-23-11-4-2-10(18)3-5-11)19-20-16(21)24-9-12(22)13-6-7-14(17)25-13/h2-7H,8-9H2,1H3. The normalized spacial score (nSPS) is 10.8. The number of thioether (sulfide) groups is 1. The number of ketones is 1. The minimum atomic E-state index is 0.0719. The molecule has 0 radical (unpaired) electrons. The first-order valence-electron chi connectivity index (χ1n) is 7.21. The van der Waals surface area contributed by atoms with E-state index in [4.69, 9.17) is 16.3 Å². The molecule has 9 heteroatoms. The van der Waals surface area contributed by atoms with Gasteiger partial charge in [-0.05, 0) is 52.3 Å². The number of nitrogens with zero attached hydrogens (tertiary/aromatic N) is 3. The predicted molar refractivity (Wildman–Crippen MR) is 104 cm³/mol. The Bertz CT molecular complexity index is 880. The lowest BCUT2D eigenvalue weighted by Crippen LogP contribution is -2.05. The minimum Gasteiger partial charge on any atom is -0.486 e. The highest BCUT2D eigenvalue weighted by molar-refractivity contribution is 9.11. The molecule has 5 nitrogen and oxygen atoms in total. The highest BCUT2D eigenvalue weighted by Gasteiger charge is 2.14. The van der Waals surface area contributed by atoms with Crippen molar-refractivity contribution in [3.63, 3.8) is 0 Å². The Kier molecular flexibility index (Phi) is 6.16. The van der Waals surface area contributed by atoms with Crippen LogP contribution in [0.25, 0.3) is 0 Å². The van der Waals surface area contributed by atoms with Gasteiger partial charge < -0.3 is 9.30 Å². The molecule has 0 saturated carbocycles. The summed E-state index contributed by atoms with van der Waals surface area (Å²) < 4.78 is 8.45. The van der Waals surface area contributed by atoms with Crippen LogP contribution in [0.3, 0.4) is 0 Å². The third kappa shape index (κ3) is 4.84. The molecule has 1 aromatic carbocycles. The number of hydrogen-bond donors (Lipinski definition) is 0. The first kappa shape index (κ1) is 18.4. The van der Waals surface area contributed by atoms with Crippen LogP contribution in [-0.4, -0.2) is 26.3 Å². The summed E-state index contributed by atoms with van der Waals surface area (Å²) in [6.07, 6.45) is 0. The number of benzene rings is 1. The average Bonchev–Trinajstić information content (AvgIpc) is 3.19. The van der Waals surface area contributed by atoms with E-state index in [1.165, 1.54) is 23.1 Å². The van der Waals surface area contributed by atoms with E-state index in [-0.39, 0.29) is 12.4 Å². The minimum absolute atomic E-state index is 0.0719. The van der Waals surface area contributed by atoms with Gasteiger partial charge in [-0.2, -0.15) is 0 Å². The van der Waals surface area contributed by atoms with Crippen molar-refractivity contribution in [2.75, 3.05) is 5.75 Å². The molecule has 0 bridgehead atoms. The van der Waals surface area contributed by atoms with Crippen molar-refractivity contribution in [3.8, 4) is 5.75 Å². The molecule has 3 aromatic rings. The third-order valence-electron chi connectivity index (χ3n) is 3.29. The van der Waals surface area contributed by atoms with Crippen molar-refractivity contribution in [3.05, 3.63) is 55.9 Å². The maximum absolute atomic E-state index is 12.2. The second-order valence-corrected chi connectivity index (χ2v) is 8.86. The lowest BCUT2D eigenvalue weighted by molar-refractivity contribution is 0.102. The highest BCUT2D eigenvalue weighted by Crippen LogP contribution is 2.25. The van der Waals surface area contributed by atoms with Crippen molar-refractivity contribution in [2.45, 2.75) is 11.8 Å². The van der Waals surface area contributed by atoms with Crippen LogP contribution in [0, 0.1) is 0 Å². The number of carbonyl (C=O) groups excluding carboxylic acids is 1. The van der Waals surface area contributed by atoms with Crippen molar-refractivity contribution in [1.82, 2.24) is 14.8 Å². The van der Waals surface area contributed by atoms with Gasteiger partial charge in [0, 0.05) is 12.1 Å². The smallest absolute Gasteiger partial charge is 0.191 e. The van der Waals surface area contributed by atoms with Gasteiger partial charge in [-0.15, -0.1) is 21.5 Å². The van der Waals surface area contributed by atoms with Crippen LogP contribution in [0.15, 0.2) is 45.3 Å². The number of carbonyl (C=O) groups is 1. The summed E-state index contributed by atoms with van der Waals surface area (Å²) in [6.45, 7) is 0.289. The molecular weight excluding hydrogens is 446 g/mol. The number of Topliss-reactive ketones (excluding diaryl/α,β-unsaturated/α-hetero) is 1. The fourth-order valence-corrected chi connectivity index (χ4v) is 4.29. The van der Waals surface area contributed by atoms with Crippen LogP contribution in [0.1, 0.15) is 15.5 Å². The quantitative estimate of drug-likeness (QED) is 0.374. The van der Waals surface area contributed by atoms with Crippen molar-refractivity contribution in [1.29, 1.82) is 0 Å². The highest BCUT2D eigenvalue weighted by atomic mass is 79.9. The van der Waals surface area contributed by atoms with E-state index in [1.807, 2.05) is 23.7 Å². The molecule has 0 atom stereocenters. The lowest BCUT2D eigenvalue weighted by Gasteiger charge is -2.06. The molecule has 0 spiro atoms. The molecule has 0 aliphatic carbocycles. The molecule has 0 fully saturated rings. The second kappa shape index (κ2) is 8.35. The molecule has 0 aliphatic rings. The van der Waals surface area contributed by atoms with E-state index >= 15 is 0 Å². The van der Waals surface area contributed by atoms with Gasteiger partial charge in [0.1, 0.15) is 12.4 Å². The van der Waals surface area contributed by atoms with Crippen LogP contribution in [-0.2, 0) is 13.7 Å². The molecule has 0 aliphatic heterocycles. The molecular formula is C16H13BrClN3O2S2. The van der Waals surface area contributed by atoms with Crippen molar-refractivity contribution in [2.24, 2.45) is 7.05 Å². The maximum Gasteiger partial charge on any atom is 0.191 e.